The number of carboxylic acids is 1. The van der Waals surface area contributed by atoms with Crippen LogP contribution in [0.3, 0.4) is 0 Å². The summed E-state index contributed by atoms with van der Waals surface area (Å²) >= 11 is 4.31. The van der Waals surface area contributed by atoms with Gasteiger partial charge in [-0.1, -0.05) is 26.7 Å². The number of hydrogen-bond donors (Lipinski definition) is 4. The van der Waals surface area contributed by atoms with Gasteiger partial charge in [0.1, 0.15) is 17.3 Å². The molecule has 1 heterocycles. The van der Waals surface area contributed by atoms with Crippen LogP contribution in [-0.4, -0.2) is 39.7 Å². The average Bonchev–Trinajstić information content (AvgIpc) is 3.40. The first-order valence-corrected chi connectivity index (χ1v) is 12.1. The molecule has 1 aliphatic rings. The van der Waals surface area contributed by atoms with Crippen molar-refractivity contribution < 1.29 is 41.5 Å². The lowest BCUT2D eigenvalue weighted by Crippen LogP contribution is -2.61. The maximum absolute atomic E-state index is 14.3. The van der Waals surface area contributed by atoms with Crippen molar-refractivity contribution in [3.8, 4) is 0 Å². The molecule has 2 aromatic rings. The summed E-state index contributed by atoms with van der Waals surface area (Å²) in [5.74, 6) is -10.2. The molecule has 0 bridgehead atoms. The van der Waals surface area contributed by atoms with Crippen LogP contribution < -0.4 is 10.6 Å². The fourth-order valence-corrected chi connectivity index (χ4v) is 5.00. The molecule has 198 valence electrons. The second-order valence-corrected chi connectivity index (χ2v) is 10.2. The van der Waals surface area contributed by atoms with Crippen molar-refractivity contribution in [3.05, 3.63) is 34.6 Å². The minimum absolute atomic E-state index is 0.128. The number of rotatable bonds is 9. The first kappa shape index (κ1) is 27.8. The Labute approximate surface area is 210 Å². The first-order chi connectivity index (χ1) is 16.8. The molecule has 3 N–H and O–H groups in total. The van der Waals surface area contributed by atoms with Gasteiger partial charge in [0, 0.05) is 12.0 Å². The largest absolute Gasteiger partial charge is 0.480 e. The van der Waals surface area contributed by atoms with Crippen LogP contribution in [0, 0.1) is 36.1 Å². The minimum atomic E-state index is -2.05. The lowest BCUT2D eigenvalue weighted by molar-refractivity contribution is -0.143. The van der Waals surface area contributed by atoms with E-state index in [0.717, 1.165) is 0 Å². The number of thiol groups is 1. The van der Waals surface area contributed by atoms with Gasteiger partial charge in [-0.3, -0.25) is 9.59 Å². The highest BCUT2D eigenvalue weighted by atomic mass is 32.1. The molecule has 2 amide bonds. The molecule has 1 fully saturated rings. The number of aliphatic carboxylic acids is 1. The summed E-state index contributed by atoms with van der Waals surface area (Å²) in [7, 11) is 0. The predicted molar refractivity (Wildman–Crippen MR) is 126 cm³/mol. The summed E-state index contributed by atoms with van der Waals surface area (Å²) in [6.45, 7) is 5.08. The number of carbonyl (C=O) groups excluding carboxylic acids is 2. The number of carbonyl (C=O) groups is 3. The molecule has 2 unspecified atom stereocenters. The highest BCUT2D eigenvalue weighted by Crippen LogP contribution is 2.34. The van der Waals surface area contributed by atoms with Crippen LogP contribution in [0.5, 0.6) is 0 Å². The van der Waals surface area contributed by atoms with Gasteiger partial charge >= 0.3 is 5.97 Å². The normalized spacial score (nSPS) is 16.8. The van der Waals surface area contributed by atoms with Crippen LogP contribution in [-0.2, 0) is 20.8 Å². The van der Waals surface area contributed by atoms with Crippen molar-refractivity contribution in [1.82, 2.24) is 10.6 Å². The van der Waals surface area contributed by atoms with Gasteiger partial charge in [-0.2, -0.15) is 17.0 Å². The number of fused-ring (bicyclic) bond motifs is 1. The molecule has 2 atom stereocenters. The van der Waals surface area contributed by atoms with Gasteiger partial charge in [0.15, 0.2) is 17.2 Å². The first-order valence-electron chi connectivity index (χ1n) is 11.6. The molecular weight excluding hydrogens is 504 g/mol. The zero-order valence-corrected chi connectivity index (χ0v) is 20.9. The lowest BCUT2D eigenvalue weighted by atomic mass is 9.94. The second-order valence-electron chi connectivity index (χ2n) is 9.60. The zero-order valence-electron chi connectivity index (χ0n) is 20.0. The lowest BCUT2D eigenvalue weighted by Gasteiger charge is -2.31. The van der Waals surface area contributed by atoms with Gasteiger partial charge < -0.3 is 20.2 Å². The molecule has 1 aromatic heterocycles. The topological polar surface area (TPSA) is 109 Å². The number of halogens is 4. The maximum Gasteiger partial charge on any atom is 0.326 e. The monoisotopic (exact) mass is 532 g/mol. The maximum atomic E-state index is 14.3. The van der Waals surface area contributed by atoms with Crippen LogP contribution in [0.1, 0.15) is 57.3 Å². The Kier molecular flexibility index (Phi) is 8.27. The predicted octanol–water partition coefficient (Wildman–Crippen LogP) is 4.18. The number of amides is 2. The van der Waals surface area contributed by atoms with Crippen molar-refractivity contribution in [2.75, 3.05) is 0 Å². The molecule has 0 aliphatic heterocycles. The molecule has 1 saturated carbocycles. The molecule has 36 heavy (non-hydrogen) atoms. The van der Waals surface area contributed by atoms with Crippen LogP contribution in [0.15, 0.2) is 4.42 Å². The molecule has 1 aromatic carbocycles. The molecule has 12 heteroatoms. The molecule has 7 nitrogen and oxygen atoms in total. The Hall–Kier alpha value is -2.76. The standard InChI is InChI=1S/C24H28F4N2O5S/c1-10(2)8-14(36)21(31)30-24(6-4-5-7-24)23(34)29-12(22(32)33)9-13-11(3)15-16(25)17(26)18(27)19(28)20(15)35-13/h10,12,14,36H,4-9H2,1-3H3,(H,29,34)(H,30,31)(H,32,33). The van der Waals surface area contributed by atoms with E-state index in [9.17, 15) is 37.1 Å². The number of nitrogens with one attached hydrogen (secondary N) is 2. The number of aryl methyl sites for hydroxylation is 1. The van der Waals surface area contributed by atoms with Gasteiger partial charge in [0.2, 0.25) is 23.4 Å². The Morgan fingerprint density at radius 3 is 2.19 bits per heavy atom. The Bertz CT molecular complexity index is 1190. The second kappa shape index (κ2) is 10.7. The van der Waals surface area contributed by atoms with Crippen molar-refractivity contribution in [1.29, 1.82) is 0 Å². The Morgan fingerprint density at radius 1 is 1.06 bits per heavy atom. The van der Waals surface area contributed by atoms with E-state index < -0.39 is 75.3 Å². The van der Waals surface area contributed by atoms with Crippen molar-refractivity contribution in [2.24, 2.45) is 5.92 Å². The van der Waals surface area contributed by atoms with E-state index in [0.29, 0.717) is 19.3 Å². The Morgan fingerprint density at radius 2 is 1.64 bits per heavy atom. The summed E-state index contributed by atoms with van der Waals surface area (Å²) in [4.78, 5) is 37.9. The van der Waals surface area contributed by atoms with Crippen molar-refractivity contribution >= 4 is 41.4 Å². The fourth-order valence-electron chi connectivity index (χ4n) is 4.52. The summed E-state index contributed by atoms with van der Waals surface area (Å²) < 4.78 is 60.9. The van der Waals surface area contributed by atoms with Crippen LogP contribution >= 0.6 is 12.6 Å². The zero-order chi connectivity index (χ0) is 26.9. The van der Waals surface area contributed by atoms with Gasteiger partial charge in [-0.25, -0.2) is 18.0 Å². The van der Waals surface area contributed by atoms with Crippen molar-refractivity contribution in [3.63, 3.8) is 0 Å². The van der Waals surface area contributed by atoms with E-state index in [4.69, 9.17) is 4.42 Å². The highest BCUT2D eigenvalue weighted by Gasteiger charge is 2.44. The van der Waals surface area contributed by atoms with Crippen LogP contribution in [0.25, 0.3) is 11.0 Å². The quantitative estimate of drug-likeness (QED) is 0.168. The summed E-state index contributed by atoms with van der Waals surface area (Å²) in [6.07, 6.45) is 1.76. The van der Waals surface area contributed by atoms with E-state index in [1.54, 1.807) is 0 Å². The van der Waals surface area contributed by atoms with Gasteiger partial charge in [-0.05, 0) is 32.1 Å². The Balaban J connectivity index is 1.86. The summed E-state index contributed by atoms with van der Waals surface area (Å²) in [6, 6.07) is -1.62. The minimum Gasteiger partial charge on any atom is -0.480 e. The number of hydrogen-bond acceptors (Lipinski definition) is 5. The third-order valence-corrected chi connectivity index (χ3v) is 6.93. The SMILES string of the molecule is Cc1c(CC(NC(=O)C2(NC(=O)C(S)CC(C)C)CCCC2)C(=O)O)oc2c(F)c(F)c(F)c(F)c12. The number of benzene rings is 1. The van der Waals surface area contributed by atoms with Gasteiger partial charge in [-0.15, -0.1) is 0 Å². The van der Waals surface area contributed by atoms with Gasteiger partial charge in [0.05, 0.1) is 10.6 Å². The van der Waals surface area contributed by atoms with E-state index in [1.807, 2.05) is 13.8 Å². The third kappa shape index (κ3) is 5.33. The fraction of sp³-hybridized carbons (Fsp3) is 0.542. The van der Waals surface area contributed by atoms with E-state index >= 15 is 0 Å². The molecular formula is C24H28F4N2O5S. The molecule has 0 radical (unpaired) electrons. The van der Waals surface area contributed by atoms with E-state index in [1.165, 1.54) is 6.92 Å². The number of carboxylic acid groups (broad SMARTS) is 1. The van der Waals surface area contributed by atoms with Crippen LogP contribution in [0.2, 0.25) is 0 Å². The smallest absolute Gasteiger partial charge is 0.326 e. The van der Waals surface area contributed by atoms with Crippen molar-refractivity contribution in [2.45, 2.75) is 76.1 Å². The molecule has 0 saturated heterocycles. The molecule has 1 aliphatic carbocycles. The van der Waals surface area contributed by atoms with E-state index in [2.05, 4.69) is 23.3 Å². The molecule has 3 rings (SSSR count). The van der Waals surface area contributed by atoms with Gasteiger partial charge in [0.25, 0.3) is 0 Å². The molecule has 0 spiro atoms. The number of furan rings is 1. The summed E-state index contributed by atoms with van der Waals surface area (Å²) in [5.41, 5.74) is -2.36. The van der Waals surface area contributed by atoms with E-state index in [-0.39, 0.29) is 30.1 Å². The average molecular weight is 533 g/mol. The highest BCUT2D eigenvalue weighted by molar-refractivity contribution is 7.81. The van der Waals surface area contributed by atoms with Crippen LogP contribution in [0.4, 0.5) is 17.6 Å². The third-order valence-electron chi connectivity index (χ3n) is 6.49. The summed E-state index contributed by atoms with van der Waals surface area (Å²) in [5, 5.41) is 13.5.